The zero-order valence-electron chi connectivity index (χ0n) is 13.7. The predicted molar refractivity (Wildman–Crippen MR) is 80.7 cm³/mol. The third kappa shape index (κ3) is 2.55. The summed E-state index contributed by atoms with van der Waals surface area (Å²) in [4.78, 5) is 11.0. The Balaban J connectivity index is 2.41. The molecular formula is C17H30O4. The average molecular weight is 298 g/mol. The summed E-state index contributed by atoms with van der Waals surface area (Å²) in [6.45, 7) is 7.94. The molecule has 0 amide bonds. The second-order valence-electron chi connectivity index (χ2n) is 8.47. The van der Waals surface area contributed by atoms with E-state index >= 15 is 0 Å². The number of aldehydes is 1. The number of carbonyl (C=O) groups excluding carboxylic acids is 1. The lowest BCUT2D eigenvalue weighted by molar-refractivity contribution is -0.237. The normalized spacial score (nSPS) is 47.8. The quantitative estimate of drug-likeness (QED) is 0.680. The van der Waals surface area contributed by atoms with Crippen molar-refractivity contribution in [2.45, 2.75) is 77.6 Å². The van der Waals surface area contributed by atoms with E-state index in [2.05, 4.69) is 6.92 Å². The van der Waals surface area contributed by atoms with Gasteiger partial charge in [-0.25, -0.2) is 0 Å². The Morgan fingerprint density at radius 3 is 2.33 bits per heavy atom. The summed E-state index contributed by atoms with van der Waals surface area (Å²) in [7, 11) is 0. The fraction of sp³-hybridized carbons (Fsp3) is 0.941. The van der Waals surface area contributed by atoms with Crippen molar-refractivity contribution in [1.29, 1.82) is 0 Å². The molecule has 2 aliphatic rings. The molecule has 2 rings (SSSR count). The Bertz CT molecular complexity index is 402. The van der Waals surface area contributed by atoms with E-state index < -0.39 is 23.2 Å². The van der Waals surface area contributed by atoms with Crippen molar-refractivity contribution in [2.24, 2.45) is 22.7 Å². The summed E-state index contributed by atoms with van der Waals surface area (Å²) < 4.78 is 0. The van der Waals surface area contributed by atoms with Gasteiger partial charge in [0.2, 0.25) is 0 Å². The Morgan fingerprint density at radius 1 is 1.19 bits per heavy atom. The molecule has 6 unspecified atom stereocenters. The molecule has 0 saturated heterocycles. The molecule has 2 fully saturated rings. The van der Waals surface area contributed by atoms with Gasteiger partial charge in [-0.15, -0.1) is 0 Å². The van der Waals surface area contributed by atoms with Crippen molar-refractivity contribution in [1.82, 2.24) is 0 Å². The fourth-order valence-corrected chi connectivity index (χ4v) is 4.68. The molecule has 0 aliphatic heterocycles. The number of aliphatic hydroxyl groups excluding tert-OH is 2. The Morgan fingerprint density at radius 2 is 1.81 bits per heavy atom. The van der Waals surface area contributed by atoms with Crippen molar-refractivity contribution < 1.29 is 20.1 Å². The van der Waals surface area contributed by atoms with Crippen LogP contribution in [-0.4, -0.2) is 39.4 Å². The number of hydrogen-bond donors (Lipinski definition) is 3. The third-order valence-corrected chi connectivity index (χ3v) is 6.35. The van der Waals surface area contributed by atoms with Gasteiger partial charge in [0.15, 0.2) is 0 Å². The maximum absolute atomic E-state index is 11.1. The topological polar surface area (TPSA) is 77.8 Å². The smallest absolute Gasteiger partial charge is 0.120 e. The summed E-state index contributed by atoms with van der Waals surface area (Å²) in [5.41, 5.74) is -1.72. The zero-order valence-corrected chi connectivity index (χ0v) is 13.7. The van der Waals surface area contributed by atoms with Crippen molar-refractivity contribution in [3.05, 3.63) is 0 Å². The first-order valence-corrected chi connectivity index (χ1v) is 8.09. The van der Waals surface area contributed by atoms with Gasteiger partial charge in [-0.2, -0.15) is 0 Å². The second-order valence-corrected chi connectivity index (χ2v) is 8.47. The first kappa shape index (κ1) is 16.9. The van der Waals surface area contributed by atoms with Gasteiger partial charge in [-0.05, 0) is 48.3 Å². The van der Waals surface area contributed by atoms with E-state index in [1.165, 1.54) is 0 Å². The lowest BCUT2D eigenvalue weighted by Gasteiger charge is -2.60. The molecule has 21 heavy (non-hydrogen) atoms. The molecule has 2 saturated carbocycles. The van der Waals surface area contributed by atoms with Crippen LogP contribution in [0.4, 0.5) is 0 Å². The highest BCUT2D eigenvalue weighted by Crippen LogP contribution is 2.58. The molecule has 0 aromatic carbocycles. The van der Waals surface area contributed by atoms with Crippen molar-refractivity contribution in [2.75, 3.05) is 0 Å². The Hall–Kier alpha value is -0.450. The SMILES string of the molecule is CC12CCC(O)C(CC=O)C1C(O)C(O)(C(C)(C)C)CC2. The van der Waals surface area contributed by atoms with Crippen LogP contribution in [0, 0.1) is 22.7 Å². The molecule has 2 aliphatic carbocycles. The zero-order chi connectivity index (χ0) is 16.1. The Kier molecular flexibility index (Phi) is 4.29. The minimum absolute atomic E-state index is 0.107. The molecule has 3 N–H and O–H groups in total. The van der Waals surface area contributed by atoms with Crippen molar-refractivity contribution in [3.63, 3.8) is 0 Å². The lowest BCUT2D eigenvalue weighted by Crippen LogP contribution is -2.65. The summed E-state index contributed by atoms with van der Waals surface area (Å²) in [5.74, 6) is -0.491. The highest BCUT2D eigenvalue weighted by Gasteiger charge is 2.60. The van der Waals surface area contributed by atoms with Crippen LogP contribution >= 0.6 is 0 Å². The van der Waals surface area contributed by atoms with Gasteiger partial charge in [0.1, 0.15) is 6.29 Å². The monoisotopic (exact) mass is 298 g/mol. The molecule has 4 heteroatoms. The summed E-state index contributed by atoms with van der Waals surface area (Å²) in [6, 6.07) is 0. The molecule has 122 valence electrons. The molecule has 0 heterocycles. The predicted octanol–water partition coefficient (Wildman–Crippen LogP) is 1.90. The van der Waals surface area contributed by atoms with Crippen LogP contribution in [0.15, 0.2) is 0 Å². The molecule has 0 radical (unpaired) electrons. The fourth-order valence-electron chi connectivity index (χ4n) is 4.68. The third-order valence-electron chi connectivity index (χ3n) is 6.35. The number of rotatable bonds is 2. The summed E-state index contributed by atoms with van der Waals surface area (Å²) >= 11 is 0. The standard InChI is InChI=1S/C17H30O4/c1-15(2,3)17(21)9-8-16(4)7-5-12(19)11(6-10-18)13(16)14(17)20/h10-14,19-21H,5-9H2,1-4H3. The number of aliphatic hydroxyl groups is 3. The molecule has 0 aromatic heterocycles. The van der Waals surface area contributed by atoms with E-state index in [0.717, 1.165) is 19.1 Å². The molecule has 0 spiro atoms. The Labute approximate surface area is 127 Å². The number of hydrogen-bond acceptors (Lipinski definition) is 4. The van der Waals surface area contributed by atoms with E-state index in [0.29, 0.717) is 12.8 Å². The van der Waals surface area contributed by atoms with E-state index in [4.69, 9.17) is 0 Å². The number of carbonyl (C=O) groups is 1. The second kappa shape index (κ2) is 5.32. The van der Waals surface area contributed by atoms with Gasteiger partial charge in [0.25, 0.3) is 0 Å². The maximum Gasteiger partial charge on any atom is 0.120 e. The largest absolute Gasteiger partial charge is 0.393 e. The maximum atomic E-state index is 11.1. The van der Waals surface area contributed by atoms with E-state index in [-0.39, 0.29) is 23.7 Å². The minimum Gasteiger partial charge on any atom is -0.393 e. The van der Waals surface area contributed by atoms with Gasteiger partial charge in [0, 0.05) is 6.42 Å². The van der Waals surface area contributed by atoms with Crippen LogP contribution in [0.3, 0.4) is 0 Å². The van der Waals surface area contributed by atoms with E-state index in [9.17, 15) is 20.1 Å². The first-order chi connectivity index (χ1) is 9.57. The highest BCUT2D eigenvalue weighted by atomic mass is 16.3. The van der Waals surface area contributed by atoms with Crippen LogP contribution in [0.5, 0.6) is 0 Å². The van der Waals surface area contributed by atoms with Crippen molar-refractivity contribution >= 4 is 6.29 Å². The van der Waals surface area contributed by atoms with Crippen LogP contribution in [0.25, 0.3) is 0 Å². The van der Waals surface area contributed by atoms with Gasteiger partial charge >= 0.3 is 0 Å². The van der Waals surface area contributed by atoms with Gasteiger partial charge in [-0.1, -0.05) is 27.7 Å². The number of fused-ring (bicyclic) bond motifs is 1. The molecule has 0 aromatic rings. The molecule has 6 atom stereocenters. The van der Waals surface area contributed by atoms with Gasteiger partial charge in [-0.3, -0.25) is 0 Å². The molecular weight excluding hydrogens is 268 g/mol. The van der Waals surface area contributed by atoms with Crippen LogP contribution in [-0.2, 0) is 4.79 Å². The summed E-state index contributed by atoms with van der Waals surface area (Å²) in [5, 5.41) is 32.3. The van der Waals surface area contributed by atoms with E-state index in [1.54, 1.807) is 0 Å². The van der Waals surface area contributed by atoms with Crippen LogP contribution in [0.2, 0.25) is 0 Å². The van der Waals surface area contributed by atoms with Gasteiger partial charge in [0.05, 0.1) is 17.8 Å². The lowest BCUT2D eigenvalue weighted by atomic mass is 9.48. The first-order valence-electron chi connectivity index (χ1n) is 8.09. The molecule has 0 bridgehead atoms. The average Bonchev–Trinajstić information content (AvgIpc) is 2.38. The summed E-state index contributed by atoms with van der Waals surface area (Å²) in [6.07, 6.45) is 2.51. The van der Waals surface area contributed by atoms with Crippen LogP contribution in [0.1, 0.15) is 59.8 Å². The molecule has 4 nitrogen and oxygen atoms in total. The van der Waals surface area contributed by atoms with Gasteiger partial charge < -0.3 is 20.1 Å². The highest BCUT2D eigenvalue weighted by molar-refractivity contribution is 5.50. The van der Waals surface area contributed by atoms with Crippen molar-refractivity contribution in [3.8, 4) is 0 Å². The van der Waals surface area contributed by atoms with E-state index in [1.807, 2.05) is 20.8 Å². The van der Waals surface area contributed by atoms with Crippen LogP contribution < -0.4 is 0 Å². The minimum atomic E-state index is -1.17.